The summed E-state index contributed by atoms with van der Waals surface area (Å²) in [6.07, 6.45) is 8.96. The maximum atomic E-state index is 10.4. The minimum atomic E-state index is 0.327. The molecule has 0 aromatic rings. The molecule has 1 aliphatic carbocycles. The first-order valence-electron chi connectivity index (χ1n) is 5.39. The van der Waals surface area contributed by atoms with Crippen molar-refractivity contribution < 1.29 is 4.79 Å². The van der Waals surface area contributed by atoms with E-state index in [0.717, 1.165) is 25.5 Å². The van der Waals surface area contributed by atoms with Crippen molar-refractivity contribution in [2.45, 2.75) is 40.0 Å². The summed E-state index contributed by atoms with van der Waals surface area (Å²) < 4.78 is 0. The fourth-order valence-electron chi connectivity index (χ4n) is 1.62. The average molecular weight is 192 g/mol. The van der Waals surface area contributed by atoms with Crippen molar-refractivity contribution in [3.05, 3.63) is 23.3 Å². The van der Waals surface area contributed by atoms with Crippen molar-refractivity contribution >= 4 is 6.29 Å². The van der Waals surface area contributed by atoms with Crippen molar-refractivity contribution in [3.8, 4) is 0 Å². The van der Waals surface area contributed by atoms with Gasteiger partial charge in [-0.3, -0.25) is 0 Å². The quantitative estimate of drug-likeness (QED) is 0.481. The van der Waals surface area contributed by atoms with Crippen LogP contribution in [0.1, 0.15) is 40.0 Å². The predicted octanol–water partition coefficient (Wildman–Crippen LogP) is 3.51. The molecule has 0 amide bonds. The molecule has 1 fully saturated rings. The number of hydrogen-bond acceptors (Lipinski definition) is 1. The van der Waals surface area contributed by atoms with E-state index in [1.165, 1.54) is 11.1 Å². The Morgan fingerprint density at radius 3 is 2.50 bits per heavy atom. The topological polar surface area (TPSA) is 17.1 Å². The predicted molar refractivity (Wildman–Crippen MR) is 60.1 cm³/mol. The Hall–Kier alpha value is -0.850. The molecule has 0 saturated heterocycles. The molecule has 0 radical (unpaired) electrons. The zero-order chi connectivity index (χ0) is 10.6. The number of rotatable bonds is 5. The van der Waals surface area contributed by atoms with Gasteiger partial charge in [0.1, 0.15) is 6.29 Å². The second-order valence-corrected chi connectivity index (χ2v) is 4.53. The van der Waals surface area contributed by atoms with E-state index >= 15 is 0 Å². The molecule has 0 aromatic carbocycles. The highest BCUT2D eigenvalue weighted by molar-refractivity contribution is 5.59. The third kappa shape index (κ3) is 3.91. The molecule has 0 aromatic heterocycles. The van der Waals surface area contributed by atoms with Crippen LogP contribution >= 0.6 is 0 Å². The summed E-state index contributed by atoms with van der Waals surface area (Å²) in [4.78, 5) is 10.4. The fraction of sp³-hybridized carbons (Fsp3) is 0.615. The van der Waals surface area contributed by atoms with E-state index in [2.05, 4.69) is 32.9 Å². The first-order chi connectivity index (χ1) is 6.63. The number of carbonyl (C=O) groups excluding carboxylic acids is 1. The Labute approximate surface area is 86.9 Å². The number of carbonyl (C=O) groups is 1. The molecule has 2 unspecified atom stereocenters. The number of hydrogen-bond donors (Lipinski definition) is 0. The van der Waals surface area contributed by atoms with E-state index in [1.54, 1.807) is 0 Å². The van der Waals surface area contributed by atoms with Gasteiger partial charge < -0.3 is 4.79 Å². The van der Waals surface area contributed by atoms with Crippen molar-refractivity contribution in [1.29, 1.82) is 0 Å². The van der Waals surface area contributed by atoms with Gasteiger partial charge in [0.05, 0.1) is 0 Å². The van der Waals surface area contributed by atoms with Crippen LogP contribution < -0.4 is 0 Å². The Morgan fingerprint density at radius 1 is 1.29 bits per heavy atom. The van der Waals surface area contributed by atoms with Crippen LogP contribution in [0.2, 0.25) is 0 Å². The average Bonchev–Trinajstić information content (AvgIpc) is 2.82. The normalized spacial score (nSPS) is 25.8. The lowest BCUT2D eigenvalue weighted by Crippen LogP contribution is -1.82. The van der Waals surface area contributed by atoms with Crippen molar-refractivity contribution in [1.82, 2.24) is 0 Å². The van der Waals surface area contributed by atoms with E-state index in [1.807, 2.05) is 0 Å². The smallest absolute Gasteiger partial charge is 0.123 e. The number of aldehydes is 1. The second-order valence-electron chi connectivity index (χ2n) is 4.53. The lowest BCUT2D eigenvalue weighted by Gasteiger charge is -1.97. The molecule has 1 aliphatic rings. The molecule has 14 heavy (non-hydrogen) atoms. The van der Waals surface area contributed by atoms with Crippen LogP contribution in [-0.2, 0) is 4.79 Å². The van der Waals surface area contributed by atoms with Gasteiger partial charge in [0, 0.05) is 5.92 Å². The zero-order valence-corrected chi connectivity index (χ0v) is 9.42. The summed E-state index contributed by atoms with van der Waals surface area (Å²) >= 11 is 0. The van der Waals surface area contributed by atoms with Crippen LogP contribution in [-0.4, -0.2) is 6.29 Å². The zero-order valence-electron chi connectivity index (χ0n) is 9.42. The van der Waals surface area contributed by atoms with Gasteiger partial charge in [-0.15, -0.1) is 0 Å². The van der Waals surface area contributed by atoms with Crippen molar-refractivity contribution in [2.75, 3.05) is 0 Å². The molecule has 0 bridgehead atoms. The number of allylic oxidation sites excluding steroid dienone is 4. The molecule has 1 saturated carbocycles. The molecule has 1 rings (SSSR count). The summed E-state index contributed by atoms with van der Waals surface area (Å²) in [7, 11) is 0. The van der Waals surface area contributed by atoms with Gasteiger partial charge in [0.25, 0.3) is 0 Å². The molecule has 78 valence electrons. The van der Waals surface area contributed by atoms with Gasteiger partial charge >= 0.3 is 0 Å². The minimum Gasteiger partial charge on any atom is -0.303 e. The van der Waals surface area contributed by atoms with Crippen molar-refractivity contribution in [2.24, 2.45) is 11.8 Å². The highest BCUT2D eigenvalue weighted by Crippen LogP contribution is 2.38. The minimum absolute atomic E-state index is 0.327. The van der Waals surface area contributed by atoms with Crippen LogP contribution in [0.4, 0.5) is 0 Å². The van der Waals surface area contributed by atoms with Crippen LogP contribution in [0, 0.1) is 11.8 Å². The summed E-state index contributed by atoms with van der Waals surface area (Å²) in [5.41, 5.74) is 2.81. The van der Waals surface area contributed by atoms with Crippen LogP contribution in [0.5, 0.6) is 0 Å². The molecule has 0 N–H and O–H groups in total. The van der Waals surface area contributed by atoms with Gasteiger partial charge in [0.15, 0.2) is 0 Å². The van der Waals surface area contributed by atoms with E-state index in [4.69, 9.17) is 0 Å². The summed E-state index contributed by atoms with van der Waals surface area (Å²) in [6.45, 7) is 6.42. The second kappa shape index (κ2) is 5.14. The molecule has 0 spiro atoms. The van der Waals surface area contributed by atoms with E-state index in [-0.39, 0.29) is 0 Å². The lowest BCUT2D eigenvalue weighted by atomic mass is 10.1. The van der Waals surface area contributed by atoms with Gasteiger partial charge in [-0.25, -0.2) is 0 Å². The first-order valence-corrected chi connectivity index (χ1v) is 5.39. The first kappa shape index (κ1) is 11.2. The molecular weight excluding hydrogens is 172 g/mol. The third-order valence-electron chi connectivity index (χ3n) is 2.66. The van der Waals surface area contributed by atoms with Gasteiger partial charge in [-0.2, -0.15) is 0 Å². The van der Waals surface area contributed by atoms with Gasteiger partial charge in [0.2, 0.25) is 0 Å². The summed E-state index contributed by atoms with van der Waals surface area (Å²) in [5.74, 6) is 0.882. The van der Waals surface area contributed by atoms with Crippen LogP contribution in [0.15, 0.2) is 23.3 Å². The maximum Gasteiger partial charge on any atom is 0.123 e. The van der Waals surface area contributed by atoms with E-state index < -0.39 is 0 Å². The molecule has 0 aliphatic heterocycles. The molecule has 0 heterocycles. The molecule has 2 atom stereocenters. The largest absolute Gasteiger partial charge is 0.303 e. The Bertz CT molecular complexity index is 256. The highest BCUT2D eigenvalue weighted by atomic mass is 16.1. The van der Waals surface area contributed by atoms with E-state index in [9.17, 15) is 4.79 Å². The summed E-state index contributed by atoms with van der Waals surface area (Å²) in [6, 6.07) is 0. The Kier molecular flexibility index (Phi) is 4.12. The molecule has 1 heteroatoms. The van der Waals surface area contributed by atoms with Crippen LogP contribution in [0.25, 0.3) is 0 Å². The highest BCUT2D eigenvalue weighted by Gasteiger charge is 2.34. The third-order valence-corrected chi connectivity index (χ3v) is 2.66. The standard InChI is InChI=1S/C13H20O/c1-10(2)5-4-6-11(3)7-12-8-13(12)9-14/h5,7,9,12-13H,4,6,8H2,1-3H3/b11-7+. The Morgan fingerprint density at radius 2 is 2.00 bits per heavy atom. The van der Waals surface area contributed by atoms with E-state index in [0.29, 0.717) is 11.8 Å². The lowest BCUT2D eigenvalue weighted by molar-refractivity contribution is -0.109. The van der Waals surface area contributed by atoms with Crippen molar-refractivity contribution in [3.63, 3.8) is 0 Å². The van der Waals surface area contributed by atoms with Gasteiger partial charge in [-0.1, -0.05) is 23.3 Å². The maximum absolute atomic E-state index is 10.4. The van der Waals surface area contributed by atoms with Gasteiger partial charge in [-0.05, 0) is 46.0 Å². The fourth-order valence-corrected chi connectivity index (χ4v) is 1.62. The SMILES string of the molecule is CC(C)=CCC/C(C)=C/C1CC1C=O. The summed E-state index contributed by atoms with van der Waals surface area (Å²) in [5, 5.41) is 0. The molecule has 1 nitrogen and oxygen atoms in total. The monoisotopic (exact) mass is 192 g/mol. The molecular formula is C13H20O. The Balaban J connectivity index is 2.25. The van der Waals surface area contributed by atoms with Crippen LogP contribution in [0.3, 0.4) is 0 Å².